The van der Waals surface area contributed by atoms with E-state index < -0.39 is 0 Å². The molecule has 0 aromatic heterocycles. The standard InChI is InChI=1S/C15H23NO5/c1-19-14-5-2-4-13(12-14)15(18)16-6-9-21-11-10-20-8-3-7-17/h2,4-5,12,17H,3,6-11H2,1H3,(H,16,18). The summed E-state index contributed by atoms with van der Waals surface area (Å²) in [5.41, 5.74) is 0.557. The summed E-state index contributed by atoms with van der Waals surface area (Å²) in [7, 11) is 1.56. The van der Waals surface area contributed by atoms with Crippen LogP contribution in [0.1, 0.15) is 16.8 Å². The van der Waals surface area contributed by atoms with Crippen LogP contribution in [0.4, 0.5) is 0 Å². The minimum Gasteiger partial charge on any atom is -0.497 e. The first-order valence-electron chi connectivity index (χ1n) is 6.96. The highest BCUT2D eigenvalue weighted by molar-refractivity contribution is 5.94. The molecule has 1 aromatic rings. The van der Waals surface area contributed by atoms with Crippen molar-refractivity contribution < 1.29 is 24.1 Å². The van der Waals surface area contributed by atoms with Crippen LogP contribution < -0.4 is 10.1 Å². The molecular weight excluding hydrogens is 274 g/mol. The zero-order valence-corrected chi connectivity index (χ0v) is 12.3. The highest BCUT2D eigenvalue weighted by Gasteiger charge is 2.05. The molecule has 1 amide bonds. The molecule has 118 valence electrons. The van der Waals surface area contributed by atoms with Crippen LogP contribution in [0.5, 0.6) is 5.75 Å². The van der Waals surface area contributed by atoms with Crippen LogP contribution in [-0.4, -0.2) is 57.7 Å². The Morgan fingerprint density at radius 3 is 2.67 bits per heavy atom. The molecule has 0 spiro atoms. The Kier molecular flexibility index (Phi) is 9.19. The molecule has 0 saturated heterocycles. The highest BCUT2D eigenvalue weighted by Crippen LogP contribution is 2.12. The minimum absolute atomic E-state index is 0.136. The Morgan fingerprint density at radius 1 is 1.19 bits per heavy atom. The number of aliphatic hydroxyl groups excluding tert-OH is 1. The lowest BCUT2D eigenvalue weighted by atomic mass is 10.2. The average molecular weight is 297 g/mol. The smallest absolute Gasteiger partial charge is 0.251 e. The summed E-state index contributed by atoms with van der Waals surface area (Å²) >= 11 is 0. The van der Waals surface area contributed by atoms with E-state index in [4.69, 9.17) is 19.3 Å². The number of benzene rings is 1. The zero-order chi connectivity index (χ0) is 15.3. The number of hydrogen-bond donors (Lipinski definition) is 2. The third kappa shape index (κ3) is 7.65. The predicted octanol–water partition coefficient (Wildman–Crippen LogP) is 0.841. The average Bonchev–Trinajstić information content (AvgIpc) is 2.53. The summed E-state index contributed by atoms with van der Waals surface area (Å²) in [6.45, 7) is 2.50. The lowest BCUT2D eigenvalue weighted by molar-refractivity contribution is 0.0432. The third-order valence-electron chi connectivity index (χ3n) is 2.68. The Hall–Kier alpha value is -1.63. The van der Waals surface area contributed by atoms with E-state index in [0.29, 0.717) is 50.7 Å². The van der Waals surface area contributed by atoms with Gasteiger partial charge in [0.25, 0.3) is 5.91 Å². The van der Waals surface area contributed by atoms with Gasteiger partial charge in [0.15, 0.2) is 0 Å². The molecule has 0 unspecified atom stereocenters. The molecule has 1 rings (SSSR count). The molecule has 0 heterocycles. The number of rotatable bonds is 11. The van der Waals surface area contributed by atoms with Gasteiger partial charge in [0.1, 0.15) is 5.75 Å². The van der Waals surface area contributed by atoms with Crippen molar-refractivity contribution in [1.82, 2.24) is 5.32 Å². The van der Waals surface area contributed by atoms with Gasteiger partial charge in [-0.3, -0.25) is 4.79 Å². The van der Waals surface area contributed by atoms with E-state index >= 15 is 0 Å². The number of nitrogens with one attached hydrogen (secondary N) is 1. The molecule has 0 bridgehead atoms. The highest BCUT2D eigenvalue weighted by atomic mass is 16.5. The molecule has 0 atom stereocenters. The van der Waals surface area contributed by atoms with Crippen molar-refractivity contribution in [2.75, 3.05) is 46.7 Å². The fraction of sp³-hybridized carbons (Fsp3) is 0.533. The van der Waals surface area contributed by atoms with Crippen molar-refractivity contribution in [1.29, 1.82) is 0 Å². The molecule has 0 aliphatic heterocycles. The second kappa shape index (κ2) is 11.1. The molecule has 6 heteroatoms. The number of carbonyl (C=O) groups is 1. The van der Waals surface area contributed by atoms with E-state index in [-0.39, 0.29) is 12.5 Å². The van der Waals surface area contributed by atoms with Crippen LogP contribution in [-0.2, 0) is 9.47 Å². The third-order valence-corrected chi connectivity index (χ3v) is 2.68. The molecule has 6 nitrogen and oxygen atoms in total. The summed E-state index contributed by atoms with van der Waals surface area (Å²) in [6, 6.07) is 6.98. The van der Waals surface area contributed by atoms with E-state index in [1.165, 1.54) is 0 Å². The molecule has 2 N–H and O–H groups in total. The van der Waals surface area contributed by atoms with E-state index in [0.717, 1.165) is 0 Å². The number of carbonyl (C=O) groups excluding carboxylic acids is 1. The number of aliphatic hydroxyl groups is 1. The molecule has 0 aliphatic carbocycles. The molecule has 1 aromatic carbocycles. The van der Waals surface area contributed by atoms with Crippen LogP contribution in [0.3, 0.4) is 0 Å². The summed E-state index contributed by atoms with van der Waals surface area (Å²) in [4.78, 5) is 11.8. The molecule has 0 fully saturated rings. The number of hydrogen-bond acceptors (Lipinski definition) is 5. The summed E-state index contributed by atoms with van der Waals surface area (Å²) in [6.07, 6.45) is 0.636. The van der Waals surface area contributed by atoms with Crippen molar-refractivity contribution in [3.8, 4) is 5.75 Å². The van der Waals surface area contributed by atoms with Crippen molar-refractivity contribution in [2.24, 2.45) is 0 Å². The molecular formula is C15H23NO5. The Bertz CT molecular complexity index is 411. The van der Waals surface area contributed by atoms with Gasteiger partial charge in [-0.2, -0.15) is 0 Å². The second-order valence-electron chi connectivity index (χ2n) is 4.29. The van der Waals surface area contributed by atoms with E-state index in [2.05, 4.69) is 5.32 Å². The van der Waals surface area contributed by atoms with Crippen LogP contribution in [0.25, 0.3) is 0 Å². The molecule has 21 heavy (non-hydrogen) atoms. The van der Waals surface area contributed by atoms with Crippen molar-refractivity contribution in [3.63, 3.8) is 0 Å². The van der Waals surface area contributed by atoms with Crippen molar-refractivity contribution in [3.05, 3.63) is 29.8 Å². The first-order chi connectivity index (χ1) is 10.3. The molecule has 0 aliphatic rings. The van der Waals surface area contributed by atoms with Crippen molar-refractivity contribution >= 4 is 5.91 Å². The summed E-state index contributed by atoms with van der Waals surface area (Å²) in [5, 5.41) is 11.3. The van der Waals surface area contributed by atoms with E-state index in [1.807, 2.05) is 0 Å². The Morgan fingerprint density at radius 2 is 1.95 bits per heavy atom. The van der Waals surface area contributed by atoms with Crippen LogP contribution in [0.2, 0.25) is 0 Å². The van der Waals surface area contributed by atoms with Gasteiger partial charge in [0.2, 0.25) is 0 Å². The van der Waals surface area contributed by atoms with Gasteiger partial charge in [-0.05, 0) is 24.6 Å². The predicted molar refractivity (Wildman–Crippen MR) is 78.7 cm³/mol. The first-order valence-corrected chi connectivity index (χ1v) is 6.96. The van der Waals surface area contributed by atoms with E-state index in [9.17, 15) is 4.79 Å². The largest absolute Gasteiger partial charge is 0.497 e. The number of ether oxygens (including phenoxy) is 3. The number of methoxy groups -OCH3 is 1. The topological polar surface area (TPSA) is 77.0 Å². The van der Waals surface area contributed by atoms with Crippen LogP contribution in [0.15, 0.2) is 24.3 Å². The Labute approximate surface area is 125 Å². The van der Waals surface area contributed by atoms with Crippen LogP contribution in [0, 0.1) is 0 Å². The molecule has 0 radical (unpaired) electrons. The molecule has 0 saturated carbocycles. The Balaban J connectivity index is 2.08. The van der Waals surface area contributed by atoms with Gasteiger partial charge in [-0.25, -0.2) is 0 Å². The lowest BCUT2D eigenvalue weighted by Gasteiger charge is -2.08. The summed E-state index contributed by atoms with van der Waals surface area (Å²) < 4.78 is 15.6. The fourth-order valence-corrected chi connectivity index (χ4v) is 1.59. The van der Waals surface area contributed by atoms with Crippen molar-refractivity contribution in [2.45, 2.75) is 6.42 Å². The first kappa shape index (κ1) is 17.4. The number of amides is 1. The van der Waals surface area contributed by atoms with Gasteiger partial charge >= 0.3 is 0 Å². The normalized spacial score (nSPS) is 10.4. The van der Waals surface area contributed by atoms with E-state index in [1.54, 1.807) is 31.4 Å². The zero-order valence-electron chi connectivity index (χ0n) is 12.3. The van der Waals surface area contributed by atoms with Crippen LogP contribution >= 0.6 is 0 Å². The van der Waals surface area contributed by atoms with Gasteiger partial charge in [0.05, 0.1) is 26.9 Å². The maximum Gasteiger partial charge on any atom is 0.251 e. The monoisotopic (exact) mass is 297 g/mol. The lowest BCUT2D eigenvalue weighted by Crippen LogP contribution is -2.27. The van der Waals surface area contributed by atoms with Gasteiger partial charge < -0.3 is 24.6 Å². The van der Waals surface area contributed by atoms with Gasteiger partial charge in [-0.1, -0.05) is 6.07 Å². The SMILES string of the molecule is COc1cccc(C(=O)NCCOCCOCCCO)c1. The second-order valence-corrected chi connectivity index (χ2v) is 4.29. The quantitative estimate of drug-likeness (QED) is 0.592. The fourth-order valence-electron chi connectivity index (χ4n) is 1.59. The maximum atomic E-state index is 11.8. The minimum atomic E-state index is -0.156. The maximum absolute atomic E-state index is 11.8. The summed E-state index contributed by atoms with van der Waals surface area (Å²) in [5.74, 6) is 0.496. The van der Waals surface area contributed by atoms with Gasteiger partial charge in [0, 0.05) is 25.3 Å². The van der Waals surface area contributed by atoms with Gasteiger partial charge in [-0.15, -0.1) is 0 Å².